The first-order chi connectivity index (χ1) is 7.90. The summed E-state index contributed by atoms with van der Waals surface area (Å²) in [5.41, 5.74) is 3.96. The van der Waals surface area contributed by atoms with Crippen LogP contribution in [0.3, 0.4) is 0 Å². The minimum atomic E-state index is -0.247. The lowest BCUT2D eigenvalue weighted by Gasteiger charge is -2.23. The number of hydrogen-bond donors (Lipinski definition) is 2. The molecule has 0 heterocycles. The lowest BCUT2D eigenvalue weighted by Crippen LogP contribution is -2.31. The lowest BCUT2D eigenvalue weighted by atomic mass is 9.99. The van der Waals surface area contributed by atoms with E-state index < -0.39 is 0 Å². The Kier molecular flexibility index (Phi) is 5.16. The summed E-state index contributed by atoms with van der Waals surface area (Å²) in [7, 11) is 0. The molecule has 3 atom stereocenters. The number of aliphatic hydroxyl groups excluding tert-OH is 1. The molecule has 96 valence electrons. The van der Waals surface area contributed by atoms with Crippen LogP contribution in [-0.2, 0) is 0 Å². The van der Waals surface area contributed by atoms with Crippen molar-refractivity contribution in [2.45, 2.75) is 59.2 Å². The van der Waals surface area contributed by atoms with Crippen LogP contribution in [0.1, 0.15) is 49.9 Å². The van der Waals surface area contributed by atoms with Crippen LogP contribution in [0.2, 0.25) is 0 Å². The van der Waals surface area contributed by atoms with E-state index in [1.165, 1.54) is 16.7 Å². The largest absolute Gasteiger partial charge is 0.393 e. The number of nitrogens with one attached hydrogen (secondary N) is 1. The molecule has 0 fully saturated rings. The number of benzene rings is 1. The van der Waals surface area contributed by atoms with Crippen molar-refractivity contribution in [3.63, 3.8) is 0 Å². The molecule has 1 aromatic carbocycles. The van der Waals surface area contributed by atoms with E-state index in [-0.39, 0.29) is 6.10 Å². The van der Waals surface area contributed by atoms with Crippen LogP contribution < -0.4 is 5.32 Å². The van der Waals surface area contributed by atoms with E-state index in [1.807, 2.05) is 6.92 Å². The van der Waals surface area contributed by atoms with Gasteiger partial charge in [-0.1, -0.05) is 23.8 Å². The standard InChI is InChI=1S/C15H25NO/c1-10-6-7-11(2)15(8-10)14(5)16-12(3)9-13(4)17/h6-8,12-14,16-17H,9H2,1-5H3. The Bertz CT molecular complexity index is 360. The predicted molar refractivity (Wildman–Crippen MR) is 73.2 cm³/mol. The maximum atomic E-state index is 9.36. The number of aryl methyl sites for hydroxylation is 2. The zero-order valence-electron chi connectivity index (χ0n) is 11.6. The van der Waals surface area contributed by atoms with Gasteiger partial charge in [0.2, 0.25) is 0 Å². The normalized spacial score (nSPS) is 16.6. The third-order valence-corrected chi connectivity index (χ3v) is 3.13. The Morgan fingerprint density at radius 1 is 1.18 bits per heavy atom. The number of hydrogen-bond acceptors (Lipinski definition) is 2. The second kappa shape index (κ2) is 6.18. The Hall–Kier alpha value is -0.860. The maximum absolute atomic E-state index is 9.36. The van der Waals surface area contributed by atoms with Crippen molar-refractivity contribution in [3.8, 4) is 0 Å². The average Bonchev–Trinajstić information content (AvgIpc) is 2.20. The highest BCUT2D eigenvalue weighted by atomic mass is 16.3. The molecule has 3 unspecified atom stereocenters. The topological polar surface area (TPSA) is 32.3 Å². The van der Waals surface area contributed by atoms with Crippen LogP contribution in [-0.4, -0.2) is 17.3 Å². The van der Waals surface area contributed by atoms with Gasteiger partial charge in [0.25, 0.3) is 0 Å². The first-order valence-electron chi connectivity index (χ1n) is 6.41. The van der Waals surface area contributed by atoms with Gasteiger partial charge in [-0.25, -0.2) is 0 Å². The average molecular weight is 235 g/mol. The van der Waals surface area contributed by atoms with E-state index in [2.05, 4.69) is 51.2 Å². The van der Waals surface area contributed by atoms with Gasteiger partial charge in [0, 0.05) is 12.1 Å². The maximum Gasteiger partial charge on any atom is 0.0526 e. The van der Waals surface area contributed by atoms with E-state index in [0.717, 1.165) is 6.42 Å². The van der Waals surface area contributed by atoms with E-state index in [4.69, 9.17) is 0 Å². The van der Waals surface area contributed by atoms with E-state index in [0.29, 0.717) is 12.1 Å². The summed E-state index contributed by atoms with van der Waals surface area (Å²) in [5, 5.41) is 12.9. The molecule has 2 nitrogen and oxygen atoms in total. The number of rotatable bonds is 5. The van der Waals surface area contributed by atoms with Crippen LogP contribution in [0.4, 0.5) is 0 Å². The van der Waals surface area contributed by atoms with Crippen molar-refractivity contribution in [2.24, 2.45) is 0 Å². The summed E-state index contributed by atoms with van der Waals surface area (Å²) in [4.78, 5) is 0. The molecular weight excluding hydrogens is 210 g/mol. The third kappa shape index (κ3) is 4.49. The van der Waals surface area contributed by atoms with Gasteiger partial charge >= 0.3 is 0 Å². The highest BCUT2D eigenvalue weighted by Gasteiger charge is 2.13. The van der Waals surface area contributed by atoms with E-state index >= 15 is 0 Å². The van der Waals surface area contributed by atoms with Gasteiger partial charge in [-0.05, 0) is 52.2 Å². The highest BCUT2D eigenvalue weighted by Crippen LogP contribution is 2.19. The summed E-state index contributed by atoms with van der Waals surface area (Å²) in [6, 6.07) is 7.20. The van der Waals surface area contributed by atoms with Crippen LogP contribution in [0.5, 0.6) is 0 Å². The molecule has 0 spiro atoms. The highest BCUT2D eigenvalue weighted by molar-refractivity contribution is 5.32. The summed E-state index contributed by atoms with van der Waals surface area (Å²) >= 11 is 0. The van der Waals surface area contributed by atoms with Gasteiger partial charge in [0.1, 0.15) is 0 Å². The zero-order valence-corrected chi connectivity index (χ0v) is 11.6. The third-order valence-electron chi connectivity index (χ3n) is 3.13. The van der Waals surface area contributed by atoms with Crippen molar-refractivity contribution in [1.29, 1.82) is 0 Å². The fourth-order valence-corrected chi connectivity index (χ4v) is 2.32. The fraction of sp³-hybridized carbons (Fsp3) is 0.600. The van der Waals surface area contributed by atoms with Gasteiger partial charge < -0.3 is 10.4 Å². The van der Waals surface area contributed by atoms with Crippen molar-refractivity contribution >= 4 is 0 Å². The molecular formula is C15H25NO. The van der Waals surface area contributed by atoms with Crippen LogP contribution in [0.25, 0.3) is 0 Å². The van der Waals surface area contributed by atoms with Gasteiger partial charge in [-0.2, -0.15) is 0 Å². The fourth-order valence-electron chi connectivity index (χ4n) is 2.32. The zero-order chi connectivity index (χ0) is 13.0. The summed E-state index contributed by atoms with van der Waals surface area (Å²) in [5.74, 6) is 0. The van der Waals surface area contributed by atoms with Crippen molar-refractivity contribution < 1.29 is 5.11 Å². The Morgan fingerprint density at radius 2 is 1.82 bits per heavy atom. The molecule has 0 bridgehead atoms. The molecule has 0 radical (unpaired) electrons. The first-order valence-corrected chi connectivity index (χ1v) is 6.41. The molecule has 0 aliphatic carbocycles. The molecule has 0 saturated carbocycles. The predicted octanol–water partition coefficient (Wildman–Crippen LogP) is 3.11. The molecule has 2 N–H and O–H groups in total. The van der Waals surface area contributed by atoms with E-state index in [1.54, 1.807) is 0 Å². The van der Waals surface area contributed by atoms with Crippen LogP contribution in [0, 0.1) is 13.8 Å². The molecule has 2 heteroatoms. The molecule has 0 saturated heterocycles. The Labute approximate surface area is 105 Å². The van der Waals surface area contributed by atoms with Gasteiger partial charge in [0.05, 0.1) is 6.10 Å². The molecule has 1 rings (SSSR count). The van der Waals surface area contributed by atoms with Gasteiger partial charge in [0.15, 0.2) is 0 Å². The second-order valence-electron chi connectivity index (χ2n) is 5.23. The molecule has 0 aromatic heterocycles. The summed E-state index contributed by atoms with van der Waals surface area (Å²) in [6.07, 6.45) is 0.540. The SMILES string of the molecule is Cc1ccc(C)c(C(C)NC(C)CC(C)O)c1. The molecule has 0 aliphatic heterocycles. The van der Waals surface area contributed by atoms with Crippen molar-refractivity contribution in [3.05, 3.63) is 34.9 Å². The Balaban J connectivity index is 2.69. The van der Waals surface area contributed by atoms with Gasteiger partial charge in [-0.15, -0.1) is 0 Å². The monoisotopic (exact) mass is 235 g/mol. The second-order valence-corrected chi connectivity index (χ2v) is 5.23. The Morgan fingerprint density at radius 3 is 2.41 bits per heavy atom. The van der Waals surface area contributed by atoms with Crippen LogP contribution in [0.15, 0.2) is 18.2 Å². The summed E-state index contributed by atoms with van der Waals surface area (Å²) in [6.45, 7) is 10.4. The molecule has 17 heavy (non-hydrogen) atoms. The van der Waals surface area contributed by atoms with Gasteiger partial charge in [-0.3, -0.25) is 0 Å². The first kappa shape index (κ1) is 14.2. The minimum Gasteiger partial charge on any atom is -0.393 e. The summed E-state index contributed by atoms with van der Waals surface area (Å²) < 4.78 is 0. The van der Waals surface area contributed by atoms with E-state index in [9.17, 15) is 5.11 Å². The van der Waals surface area contributed by atoms with Crippen LogP contribution >= 0.6 is 0 Å². The minimum absolute atomic E-state index is 0.247. The smallest absolute Gasteiger partial charge is 0.0526 e. The number of aliphatic hydroxyl groups is 1. The quantitative estimate of drug-likeness (QED) is 0.822. The molecule has 0 amide bonds. The molecule has 0 aliphatic rings. The van der Waals surface area contributed by atoms with Crippen molar-refractivity contribution in [1.82, 2.24) is 5.32 Å². The lowest BCUT2D eigenvalue weighted by molar-refractivity contribution is 0.168. The molecule has 1 aromatic rings. The van der Waals surface area contributed by atoms with Crippen molar-refractivity contribution in [2.75, 3.05) is 0 Å².